The summed E-state index contributed by atoms with van der Waals surface area (Å²) in [6, 6.07) is 5.17. The van der Waals surface area contributed by atoms with Gasteiger partial charge in [0, 0.05) is 13.6 Å². The zero-order valence-corrected chi connectivity index (χ0v) is 10.3. The highest BCUT2D eigenvalue weighted by atomic mass is 16.5. The predicted octanol–water partition coefficient (Wildman–Crippen LogP) is -0.857. The molecule has 100 valence electrons. The third-order valence-corrected chi connectivity index (χ3v) is 2.79. The molecule has 0 aliphatic carbocycles. The molecular formula is C12H13N3O4. The molecule has 1 aromatic carbocycles. The van der Waals surface area contributed by atoms with Crippen molar-refractivity contribution in [3.05, 3.63) is 23.8 Å². The molecule has 1 aliphatic rings. The first kappa shape index (κ1) is 12.9. The second-order valence-corrected chi connectivity index (χ2v) is 4.09. The molecule has 7 nitrogen and oxygen atoms in total. The Labute approximate surface area is 109 Å². The minimum atomic E-state index is -1.03. The summed E-state index contributed by atoms with van der Waals surface area (Å²) in [5.41, 5.74) is 6.19. The van der Waals surface area contributed by atoms with Crippen LogP contribution in [0.25, 0.3) is 0 Å². The molecule has 1 aliphatic heterocycles. The van der Waals surface area contributed by atoms with Crippen LogP contribution >= 0.6 is 0 Å². The topological polar surface area (TPSA) is 102 Å². The maximum absolute atomic E-state index is 11.5. The van der Waals surface area contributed by atoms with E-state index in [9.17, 15) is 14.4 Å². The van der Waals surface area contributed by atoms with Crippen molar-refractivity contribution in [3.63, 3.8) is 0 Å². The molecule has 3 amide bonds. The standard InChI is InChI=1S/C12H13N3O4/c1-15-8-4-7(5-14-12(18)11(13)17)2-3-9(8)19-6-10(15)16/h2-4H,5-6H2,1H3,(H2,13,17)(H,14,18). The maximum Gasteiger partial charge on any atom is 0.309 e. The smallest absolute Gasteiger partial charge is 0.309 e. The number of nitrogens with two attached hydrogens (primary N) is 1. The number of carbonyl (C=O) groups excluding carboxylic acids is 3. The van der Waals surface area contributed by atoms with E-state index in [1.807, 2.05) is 0 Å². The summed E-state index contributed by atoms with van der Waals surface area (Å²) in [6.45, 7) is 0.165. The lowest BCUT2D eigenvalue weighted by Crippen LogP contribution is -2.36. The number of likely N-dealkylation sites (N-methyl/N-ethyl adjacent to an activating group) is 1. The van der Waals surface area contributed by atoms with Crippen molar-refractivity contribution in [3.8, 4) is 5.75 Å². The van der Waals surface area contributed by atoms with Crippen LogP contribution in [-0.2, 0) is 20.9 Å². The fraction of sp³-hybridized carbons (Fsp3) is 0.250. The number of hydrogen-bond donors (Lipinski definition) is 2. The first-order valence-corrected chi connectivity index (χ1v) is 5.59. The fourth-order valence-corrected chi connectivity index (χ4v) is 1.70. The molecule has 0 atom stereocenters. The highest BCUT2D eigenvalue weighted by molar-refractivity contribution is 6.34. The van der Waals surface area contributed by atoms with E-state index in [4.69, 9.17) is 10.5 Å². The number of nitrogens with one attached hydrogen (secondary N) is 1. The number of ether oxygens (including phenoxy) is 1. The monoisotopic (exact) mass is 263 g/mol. The molecule has 3 N–H and O–H groups in total. The van der Waals surface area contributed by atoms with E-state index in [-0.39, 0.29) is 19.1 Å². The van der Waals surface area contributed by atoms with E-state index in [1.54, 1.807) is 25.2 Å². The van der Waals surface area contributed by atoms with Gasteiger partial charge < -0.3 is 20.7 Å². The molecule has 7 heteroatoms. The van der Waals surface area contributed by atoms with Gasteiger partial charge in [0.2, 0.25) is 0 Å². The third-order valence-electron chi connectivity index (χ3n) is 2.79. The Bertz CT molecular complexity index is 556. The van der Waals surface area contributed by atoms with Crippen LogP contribution in [-0.4, -0.2) is 31.4 Å². The molecule has 0 aromatic heterocycles. The molecule has 0 radical (unpaired) electrons. The summed E-state index contributed by atoms with van der Waals surface area (Å²) in [7, 11) is 1.65. The number of carbonyl (C=O) groups is 3. The van der Waals surface area contributed by atoms with Crippen molar-refractivity contribution < 1.29 is 19.1 Å². The molecular weight excluding hydrogens is 250 g/mol. The lowest BCUT2D eigenvalue weighted by Gasteiger charge is -2.26. The van der Waals surface area contributed by atoms with Crippen LogP contribution in [0.4, 0.5) is 5.69 Å². The second kappa shape index (κ2) is 4.97. The van der Waals surface area contributed by atoms with Gasteiger partial charge in [0.25, 0.3) is 5.91 Å². The summed E-state index contributed by atoms with van der Waals surface area (Å²) in [5.74, 6) is -1.43. The van der Waals surface area contributed by atoms with Crippen molar-refractivity contribution in [2.75, 3.05) is 18.6 Å². The zero-order chi connectivity index (χ0) is 14.0. The van der Waals surface area contributed by atoms with Gasteiger partial charge in [0.15, 0.2) is 6.61 Å². The van der Waals surface area contributed by atoms with E-state index in [2.05, 4.69) is 5.32 Å². The number of amides is 3. The highest BCUT2D eigenvalue weighted by Gasteiger charge is 2.22. The average molecular weight is 263 g/mol. The van der Waals surface area contributed by atoms with Crippen molar-refractivity contribution in [1.82, 2.24) is 5.32 Å². The number of benzene rings is 1. The van der Waals surface area contributed by atoms with Gasteiger partial charge in [-0.2, -0.15) is 0 Å². The Morgan fingerprint density at radius 1 is 1.47 bits per heavy atom. The molecule has 2 rings (SSSR count). The first-order valence-electron chi connectivity index (χ1n) is 5.59. The molecule has 0 fully saturated rings. The Kier molecular flexibility index (Phi) is 3.37. The normalized spacial score (nSPS) is 13.5. The molecule has 0 saturated heterocycles. The van der Waals surface area contributed by atoms with Crippen molar-refractivity contribution in [2.24, 2.45) is 5.73 Å². The summed E-state index contributed by atoms with van der Waals surface area (Å²) in [5, 5.41) is 2.37. The van der Waals surface area contributed by atoms with E-state index < -0.39 is 11.8 Å². The third kappa shape index (κ3) is 2.65. The van der Waals surface area contributed by atoms with E-state index in [0.29, 0.717) is 11.4 Å². The molecule has 0 bridgehead atoms. The lowest BCUT2D eigenvalue weighted by molar-refractivity contribution is -0.137. The van der Waals surface area contributed by atoms with Crippen LogP contribution in [0.3, 0.4) is 0 Å². The lowest BCUT2D eigenvalue weighted by atomic mass is 10.1. The zero-order valence-electron chi connectivity index (χ0n) is 10.3. The molecule has 1 heterocycles. The summed E-state index contributed by atoms with van der Waals surface area (Å²) in [4.78, 5) is 34.6. The van der Waals surface area contributed by atoms with Crippen molar-refractivity contribution >= 4 is 23.4 Å². The Balaban J connectivity index is 2.14. The minimum absolute atomic E-state index is 0.0151. The van der Waals surface area contributed by atoms with Crippen molar-refractivity contribution in [1.29, 1.82) is 0 Å². The van der Waals surface area contributed by atoms with E-state index >= 15 is 0 Å². The van der Waals surface area contributed by atoms with Crippen LogP contribution in [0.2, 0.25) is 0 Å². The van der Waals surface area contributed by atoms with Crippen LogP contribution in [0.15, 0.2) is 18.2 Å². The molecule has 0 spiro atoms. The molecule has 0 saturated carbocycles. The molecule has 1 aromatic rings. The SMILES string of the molecule is CN1C(=O)COc2ccc(CNC(=O)C(N)=O)cc21. The van der Waals surface area contributed by atoms with Gasteiger partial charge >= 0.3 is 11.8 Å². The number of anilines is 1. The summed E-state index contributed by atoms with van der Waals surface area (Å²) >= 11 is 0. The largest absolute Gasteiger partial charge is 0.482 e. The second-order valence-electron chi connectivity index (χ2n) is 4.09. The Morgan fingerprint density at radius 2 is 2.21 bits per heavy atom. The Morgan fingerprint density at radius 3 is 2.89 bits per heavy atom. The molecule has 19 heavy (non-hydrogen) atoms. The van der Waals surface area contributed by atoms with Crippen LogP contribution in [0.5, 0.6) is 5.75 Å². The predicted molar refractivity (Wildman–Crippen MR) is 66.4 cm³/mol. The highest BCUT2D eigenvalue weighted by Crippen LogP contribution is 2.31. The maximum atomic E-state index is 11.5. The summed E-state index contributed by atoms with van der Waals surface area (Å²) in [6.07, 6.45) is 0. The number of rotatable bonds is 2. The van der Waals surface area contributed by atoms with Crippen LogP contribution in [0, 0.1) is 0 Å². The molecule has 0 unspecified atom stereocenters. The van der Waals surface area contributed by atoms with Gasteiger partial charge in [-0.1, -0.05) is 6.07 Å². The number of primary amides is 1. The van der Waals surface area contributed by atoms with Crippen molar-refractivity contribution in [2.45, 2.75) is 6.54 Å². The van der Waals surface area contributed by atoms with Gasteiger partial charge in [-0.3, -0.25) is 14.4 Å². The first-order chi connectivity index (χ1) is 8.99. The Hall–Kier alpha value is -2.57. The van der Waals surface area contributed by atoms with E-state index in [1.165, 1.54) is 4.90 Å². The minimum Gasteiger partial charge on any atom is -0.482 e. The van der Waals surface area contributed by atoms with Crippen LogP contribution in [0.1, 0.15) is 5.56 Å². The summed E-state index contributed by atoms with van der Waals surface area (Å²) < 4.78 is 5.27. The fourth-order valence-electron chi connectivity index (χ4n) is 1.70. The average Bonchev–Trinajstić information content (AvgIpc) is 2.40. The van der Waals surface area contributed by atoms with Gasteiger partial charge in [-0.15, -0.1) is 0 Å². The number of fused-ring (bicyclic) bond motifs is 1. The van der Waals surface area contributed by atoms with Gasteiger partial charge in [-0.25, -0.2) is 0 Å². The quantitative estimate of drug-likeness (QED) is 0.678. The number of nitrogens with zero attached hydrogens (tertiary/aromatic N) is 1. The van der Waals surface area contributed by atoms with Gasteiger partial charge in [0.1, 0.15) is 5.75 Å². The van der Waals surface area contributed by atoms with Gasteiger partial charge in [-0.05, 0) is 17.7 Å². The van der Waals surface area contributed by atoms with Gasteiger partial charge in [0.05, 0.1) is 5.69 Å². The van der Waals surface area contributed by atoms with E-state index in [0.717, 1.165) is 5.56 Å². The van der Waals surface area contributed by atoms with Crippen LogP contribution < -0.4 is 20.7 Å². The number of hydrogen-bond acceptors (Lipinski definition) is 4.